The molecule has 0 saturated carbocycles. The van der Waals surface area contributed by atoms with Crippen LogP contribution < -0.4 is 15.5 Å². The van der Waals surface area contributed by atoms with E-state index in [1.54, 1.807) is 17.7 Å². The molecule has 0 unspecified atom stereocenters. The van der Waals surface area contributed by atoms with Crippen molar-refractivity contribution in [1.82, 2.24) is 9.88 Å². The molecule has 2 aromatic rings. The molecule has 1 N–H and O–H groups in total. The molecule has 6 heteroatoms. The second-order valence-corrected chi connectivity index (χ2v) is 6.39. The first-order valence-corrected chi connectivity index (χ1v) is 8.11. The first-order chi connectivity index (χ1) is 11.4. The standard InChI is InChI=1S/C18H21ClN2O3/c1-12(2)9-20-18(23)15-8-16(22)17(10-21(15)3)24-11-13-6-4-5-7-14(13)19/h4-8,10,12H,9,11H2,1-3H3,(H,20,23). The number of nitrogens with one attached hydrogen (secondary N) is 1. The molecule has 0 saturated heterocycles. The molecule has 0 aliphatic rings. The van der Waals surface area contributed by atoms with Crippen LogP contribution in [0.2, 0.25) is 5.02 Å². The van der Waals surface area contributed by atoms with Crippen molar-refractivity contribution in [3.8, 4) is 5.75 Å². The van der Waals surface area contributed by atoms with Gasteiger partial charge in [0, 0.05) is 30.2 Å². The van der Waals surface area contributed by atoms with Crippen LogP contribution in [0.4, 0.5) is 0 Å². The van der Waals surface area contributed by atoms with Gasteiger partial charge in [0.15, 0.2) is 5.75 Å². The van der Waals surface area contributed by atoms with Crippen molar-refractivity contribution in [2.24, 2.45) is 13.0 Å². The van der Waals surface area contributed by atoms with Gasteiger partial charge in [-0.05, 0) is 12.0 Å². The summed E-state index contributed by atoms with van der Waals surface area (Å²) in [6.07, 6.45) is 1.52. The Labute approximate surface area is 146 Å². The number of rotatable bonds is 6. The predicted molar refractivity (Wildman–Crippen MR) is 94.6 cm³/mol. The van der Waals surface area contributed by atoms with Gasteiger partial charge in [0.2, 0.25) is 5.43 Å². The number of ether oxygens (including phenoxy) is 1. The van der Waals surface area contributed by atoms with Gasteiger partial charge in [0.05, 0.1) is 6.20 Å². The zero-order valence-corrected chi connectivity index (χ0v) is 14.8. The minimum atomic E-state index is -0.338. The van der Waals surface area contributed by atoms with Crippen molar-refractivity contribution in [3.05, 3.63) is 63.0 Å². The van der Waals surface area contributed by atoms with Crippen LogP contribution in [0.5, 0.6) is 5.75 Å². The fourth-order valence-electron chi connectivity index (χ4n) is 2.10. The lowest BCUT2D eigenvalue weighted by Gasteiger charge is -2.13. The molecule has 0 aliphatic carbocycles. The van der Waals surface area contributed by atoms with Crippen LogP contribution in [0, 0.1) is 5.92 Å². The highest BCUT2D eigenvalue weighted by molar-refractivity contribution is 6.31. The zero-order chi connectivity index (χ0) is 17.7. The number of amides is 1. The van der Waals surface area contributed by atoms with E-state index in [2.05, 4.69) is 5.32 Å². The van der Waals surface area contributed by atoms with Crippen molar-refractivity contribution >= 4 is 17.5 Å². The number of nitrogens with zero attached hydrogens (tertiary/aromatic N) is 1. The normalized spacial score (nSPS) is 10.7. The predicted octanol–water partition coefficient (Wildman–Crippen LogP) is 3.00. The first-order valence-electron chi connectivity index (χ1n) is 7.73. The third-order valence-electron chi connectivity index (χ3n) is 3.45. The SMILES string of the molecule is CC(C)CNC(=O)c1cc(=O)c(OCc2ccccc2Cl)cn1C. The minimum absolute atomic E-state index is 0.179. The van der Waals surface area contributed by atoms with Crippen LogP contribution in [0.3, 0.4) is 0 Å². The van der Waals surface area contributed by atoms with Gasteiger partial charge in [0.1, 0.15) is 12.3 Å². The van der Waals surface area contributed by atoms with Crippen molar-refractivity contribution in [3.63, 3.8) is 0 Å². The van der Waals surface area contributed by atoms with Gasteiger partial charge in [-0.25, -0.2) is 0 Å². The van der Waals surface area contributed by atoms with E-state index in [0.717, 1.165) is 5.56 Å². The summed E-state index contributed by atoms with van der Waals surface area (Å²) >= 11 is 6.07. The van der Waals surface area contributed by atoms with Gasteiger partial charge >= 0.3 is 0 Å². The van der Waals surface area contributed by atoms with Crippen molar-refractivity contribution in [2.45, 2.75) is 20.5 Å². The summed E-state index contributed by atoms with van der Waals surface area (Å²) in [6.45, 7) is 4.75. The van der Waals surface area contributed by atoms with Crippen LogP contribution in [-0.4, -0.2) is 17.0 Å². The highest BCUT2D eigenvalue weighted by Crippen LogP contribution is 2.17. The third-order valence-corrected chi connectivity index (χ3v) is 3.81. The maximum absolute atomic E-state index is 12.2. The molecule has 1 aromatic carbocycles. The Morgan fingerprint density at radius 3 is 2.71 bits per heavy atom. The number of halogens is 1. The molecule has 1 heterocycles. The van der Waals surface area contributed by atoms with E-state index < -0.39 is 0 Å². The molecule has 0 spiro atoms. The Morgan fingerprint density at radius 2 is 2.04 bits per heavy atom. The van der Waals surface area contributed by atoms with Gasteiger partial charge in [-0.3, -0.25) is 9.59 Å². The number of hydrogen-bond donors (Lipinski definition) is 1. The molecular formula is C18H21ClN2O3. The summed E-state index contributed by atoms with van der Waals surface area (Å²) in [5.41, 5.74) is 0.751. The molecule has 1 aromatic heterocycles. The molecule has 2 rings (SSSR count). The Bertz CT molecular complexity index is 784. The summed E-state index contributed by atoms with van der Waals surface area (Å²) in [5, 5.41) is 3.38. The van der Waals surface area contributed by atoms with Gasteiger partial charge in [-0.15, -0.1) is 0 Å². The molecule has 0 aliphatic heterocycles. The maximum atomic E-state index is 12.2. The van der Waals surface area contributed by atoms with Crippen molar-refractivity contribution < 1.29 is 9.53 Å². The van der Waals surface area contributed by atoms with Crippen LogP contribution in [0.1, 0.15) is 29.9 Å². The van der Waals surface area contributed by atoms with Crippen LogP contribution in [-0.2, 0) is 13.7 Å². The number of pyridine rings is 1. The highest BCUT2D eigenvalue weighted by atomic mass is 35.5. The topological polar surface area (TPSA) is 60.3 Å². The molecule has 0 bridgehead atoms. The van der Waals surface area contributed by atoms with Gasteiger partial charge in [-0.1, -0.05) is 43.6 Å². The molecule has 0 atom stereocenters. The number of aryl methyl sites for hydroxylation is 1. The van der Waals surface area contributed by atoms with E-state index >= 15 is 0 Å². The average Bonchev–Trinajstić information content (AvgIpc) is 2.54. The molecule has 1 amide bonds. The summed E-state index contributed by atoms with van der Waals surface area (Å²) < 4.78 is 7.15. The lowest BCUT2D eigenvalue weighted by Crippen LogP contribution is -2.30. The third kappa shape index (κ3) is 4.61. The second kappa shape index (κ2) is 8.02. The summed E-state index contributed by atoms with van der Waals surface area (Å²) in [5.74, 6) is 0.239. The smallest absolute Gasteiger partial charge is 0.268 e. The molecule has 128 valence electrons. The summed E-state index contributed by atoms with van der Waals surface area (Å²) in [4.78, 5) is 24.3. The Morgan fingerprint density at radius 1 is 1.33 bits per heavy atom. The fraction of sp³-hybridized carbons (Fsp3) is 0.333. The summed E-state index contributed by atoms with van der Waals surface area (Å²) in [7, 11) is 1.70. The lowest BCUT2D eigenvalue weighted by atomic mass is 10.2. The number of aromatic nitrogens is 1. The Hall–Kier alpha value is -2.27. The molecule has 5 nitrogen and oxygen atoms in total. The summed E-state index contributed by atoms with van der Waals surface area (Å²) in [6, 6.07) is 8.57. The molecule has 0 fully saturated rings. The Balaban J connectivity index is 2.13. The van der Waals surface area contributed by atoms with E-state index in [0.29, 0.717) is 23.2 Å². The Kier molecular flexibility index (Phi) is 6.04. The second-order valence-electron chi connectivity index (χ2n) is 5.98. The van der Waals surface area contributed by atoms with E-state index in [9.17, 15) is 9.59 Å². The van der Waals surface area contributed by atoms with E-state index in [1.165, 1.54) is 12.3 Å². The van der Waals surface area contributed by atoms with Gasteiger partial charge < -0.3 is 14.6 Å². The van der Waals surface area contributed by atoms with Crippen molar-refractivity contribution in [2.75, 3.05) is 6.54 Å². The number of hydrogen-bond acceptors (Lipinski definition) is 3. The van der Waals surface area contributed by atoms with E-state index in [1.807, 2.05) is 32.0 Å². The van der Waals surface area contributed by atoms with E-state index in [-0.39, 0.29) is 23.7 Å². The van der Waals surface area contributed by atoms with E-state index in [4.69, 9.17) is 16.3 Å². The molecule has 24 heavy (non-hydrogen) atoms. The number of carbonyl (C=O) groups is 1. The van der Waals surface area contributed by atoms with Crippen LogP contribution in [0.25, 0.3) is 0 Å². The highest BCUT2D eigenvalue weighted by Gasteiger charge is 2.13. The van der Waals surface area contributed by atoms with Crippen molar-refractivity contribution in [1.29, 1.82) is 0 Å². The van der Waals surface area contributed by atoms with Crippen LogP contribution >= 0.6 is 11.6 Å². The first kappa shape index (κ1) is 18.1. The fourth-order valence-corrected chi connectivity index (χ4v) is 2.29. The quantitative estimate of drug-likeness (QED) is 0.873. The largest absolute Gasteiger partial charge is 0.483 e. The average molecular weight is 349 g/mol. The zero-order valence-electron chi connectivity index (χ0n) is 14.0. The number of benzene rings is 1. The lowest BCUT2D eigenvalue weighted by molar-refractivity contribution is 0.0939. The molecule has 0 radical (unpaired) electrons. The van der Waals surface area contributed by atoms with Gasteiger partial charge in [0.25, 0.3) is 5.91 Å². The van der Waals surface area contributed by atoms with Crippen LogP contribution in [0.15, 0.2) is 41.3 Å². The maximum Gasteiger partial charge on any atom is 0.268 e. The molecular weight excluding hydrogens is 328 g/mol. The number of carbonyl (C=O) groups excluding carboxylic acids is 1. The minimum Gasteiger partial charge on any atom is -0.483 e. The monoisotopic (exact) mass is 348 g/mol. The van der Waals surface area contributed by atoms with Gasteiger partial charge in [-0.2, -0.15) is 0 Å².